The van der Waals surface area contributed by atoms with Crippen molar-refractivity contribution < 1.29 is 17.6 Å². The fourth-order valence-corrected chi connectivity index (χ4v) is 4.33. The van der Waals surface area contributed by atoms with Crippen LogP contribution in [0.25, 0.3) is 11.1 Å². The molecule has 3 aromatic carbocycles. The number of ketones is 1. The van der Waals surface area contributed by atoms with Gasteiger partial charge in [0.2, 0.25) is 10.0 Å². The van der Waals surface area contributed by atoms with E-state index in [1.807, 2.05) is 43.3 Å². The monoisotopic (exact) mass is 473 g/mol. The molecule has 0 fully saturated rings. The highest BCUT2D eigenvalue weighted by molar-refractivity contribution is 7.92. The molecule has 0 heterocycles. The number of nitrogens with one attached hydrogen (secondary N) is 1. The van der Waals surface area contributed by atoms with Gasteiger partial charge in [0.05, 0.1) is 11.9 Å². The van der Waals surface area contributed by atoms with E-state index < -0.39 is 21.8 Å². The van der Waals surface area contributed by atoms with Gasteiger partial charge in [0, 0.05) is 17.4 Å². The van der Waals surface area contributed by atoms with Crippen molar-refractivity contribution in [3.05, 3.63) is 88.2 Å². The Kier molecular flexibility index (Phi) is 7.36. The third-order valence-electron chi connectivity index (χ3n) is 5.31. The Morgan fingerprint density at radius 1 is 1.09 bits per heavy atom. The molecular weight excluding hydrogens is 449 g/mol. The molecule has 1 unspecified atom stereocenters. The molecule has 0 aromatic heterocycles. The van der Waals surface area contributed by atoms with Gasteiger partial charge in [-0.05, 0) is 59.9 Å². The lowest BCUT2D eigenvalue weighted by Gasteiger charge is -2.15. The van der Waals surface area contributed by atoms with Gasteiger partial charge in [-0.3, -0.25) is 9.52 Å². The van der Waals surface area contributed by atoms with Crippen LogP contribution in [0.15, 0.2) is 60.7 Å². The van der Waals surface area contributed by atoms with Crippen LogP contribution in [0.3, 0.4) is 0 Å². The zero-order valence-electron chi connectivity index (χ0n) is 18.2. The maximum Gasteiger partial charge on any atom is 0.229 e. The second kappa shape index (κ2) is 9.84. The number of rotatable bonds is 8. The minimum absolute atomic E-state index is 0.0224. The Labute approximate surface area is 193 Å². The van der Waals surface area contributed by atoms with Crippen LogP contribution in [-0.4, -0.2) is 20.5 Å². The van der Waals surface area contributed by atoms with Gasteiger partial charge in [-0.25, -0.2) is 12.8 Å². The molecule has 32 heavy (non-hydrogen) atoms. The zero-order valence-corrected chi connectivity index (χ0v) is 19.7. The predicted molar refractivity (Wildman–Crippen MR) is 128 cm³/mol. The molecule has 0 spiro atoms. The van der Waals surface area contributed by atoms with Crippen molar-refractivity contribution in [3.8, 4) is 11.1 Å². The van der Waals surface area contributed by atoms with Gasteiger partial charge < -0.3 is 0 Å². The van der Waals surface area contributed by atoms with Crippen LogP contribution >= 0.6 is 11.6 Å². The van der Waals surface area contributed by atoms with Crippen molar-refractivity contribution in [1.82, 2.24) is 0 Å². The molecule has 0 aliphatic rings. The Morgan fingerprint density at radius 2 is 1.84 bits per heavy atom. The average Bonchev–Trinajstić information content (AvgIpc) is 2.72. The van der Waals surface area contributed by atoms with E-state index in [4.69, 9.17) is 11.6 Å². The van der Waals surface area contributed by atoms with Crippen molar-refractivity contribution in [2.75, 3.05) is 11.0 Å². The van der Waals surface area contributed by atoms with Gasteiger partial charge in [-0.15, -0.1) is 0 Å². The number of hydrogen-bond donors (Lipinski definition) is 1. The van der Waals surface area contributed by atoms with E-state index in [0.29, 0.717) is 23.4 Å². The summed E-state index contributed by atoms with van der Waals surface area (Å²) in [5, 5.41) is 0.649. The second-order valence-corrected chi connectivity index (χ2v) is 10.2. The minimum atomic E-state index is -3.59. The Hall–Kier alpha value is -2.70. The highest BCUT2D eigenvalue weighted by Gasteiger charge is 2.18. The van der Waals surface area contributed by atoms with Crippen LogP contribution in [0.5, 0.6) is 0 Å². The summed E-state index contributed by atoms with van der Waals surface area (Å²) in [6, 6.07) is 17.8. The van der Waals surface area contributed by atoms with Crippen molar-refractivity contribution in [2.24, 2.45) is 0 Å². The number of hydrogen-bond acceptors (Lipinski definition) is 3. The smallest absolute Gasteiger partial charge is 0.229 e. The van der Waals surface area contributed by atoms with Crippen LogP contribution in [0.4, 0.5) is 10.1 Å². The van der Waals surface area contributed by atoms with Crippen molar-refractivity contribution in [1.29, 1.82) is 0 Å². The zero-order chi connectivity index (χ0) is 23.5. The molecule has 3 rings (SSSR count). The molecule has 7 heteroatoms. The Bertz CT molecular complexity index is 1260. The number of carbonyl (C=O) groups excluding carboxylic acids is 1. The molecule has 4 nitrogen and oxygen atoms in total. The number of aryl methyl sites for hydroxylation is 2. The number of benzene rings is 3. The first kappa shape index (κ1) is 24.0. The lowest BCUT2D eigenvalue weighted by Crippen LogP contribution is -2.13. The summed E-state index contributed by atoms with van der Waals surface area (Å²) in [6.45, 7) is 3.75. The van der Waals surface area contributed by atoms with E-state index in [1.165, 1.54) is 12.1 Å². The molecule has 1 N–H and O–H groups in total. The van der Waals surface area contributed by atoms with Crippen LogP contribution in [0.1, 0.15) is 36.0 Å². The van der Waals surface area contributed by atoms with E-state index >= 15 is 0 Å². The third-order valence-corrected chi connectivity index (χ3v) is 6.14. The molecule has 0 saturated heterocycles. The highest BCUT2D eigenvalue weighted by atomic mass is 35.5. The fraction of sp³-hybridized carbons (Fsp3) is 0.240. The maximum absolute atomic E-state index is 14.3. The molecule has 0 saturated carbocycles. The van der Waals surface area contributed by atoms with Gasteiger partial charge in [-0.1, -0.05) is 60.5 Å². The summed E-state index contributed by atoms with van der Waals surface area (Å²) in [5.74, 6) is -1.25. The number of sulfonamides is 1. The first-order chi connectivity index (χ1) is 15.0. The first-order valence-electron chi connectivity index (χ1n) is 10.2. The van der Waals surface area contributed by atoms with Crippen LogP contribution in [0, 0.1) is 12.7 Å². The highest BCUT2D eigenvalue weighted by Crippen LogP contribution is 2.29. The van der Waals surface area contributed by atoms with E-state index in [-0.39, 0.29) is 11.5 Å². The molecule has 0 aliphatic carbocycles. The lowest BCUT2D eigenvalue weighted by molar-refractivity contribution is -0.120. The molecule has 0 aliphatic heterocycles. The number of halogens is 2. The van der Waals surface area contributed by atoms with Gasteiger partial charge in [0.1, 0.15) is 11.6 Å². The van der Waals surface area contributed by atoms with E-state index in [9.17, 15) is 17.6 Å². The standard InChI is InChI=1S/C25H25ClFNO3S/c1-16-7-8-18(22(13-16)20-5-4-6-21(26)14-20)10-12-25(29)17(2)19-9-11-24(23(27)15-19)28-32(3,30)31/h4-9,11,13-15,17,28H,10,12H2,1-3H3. The Morgan fingerprint density at radius 3 is 2.50 bits per heavy atom. The molecule has 0 amide bonds. The summed E-state index contributed by atoms with van der Waals surface area (Å²) < 4.78 is 39.1. The fourth-order valence-electron chi connectivity index (χ4n) is 3.58. The predicted octanol–water partition coefficient (Wildman–Crippen LogP) is 6.13. The minimum Gasteiger partial charge on any atom is -0.299 e. The summed E-state index contributed by atoms with van der Waals surface area (Å²) >= 11 is 6.16. The summed E-state index contributed by atoms with van der Waals surface area (Å²) in [7, 11) is -3.59. The summed E-state index contributed by atoms with van der Waals surface area (Å²) in [4.78, 5) is 12.9. The lowest BCUT2D eigenvalue weighted by atomic mass is 9.90. The van der Waals surface area contributed by atoms with Gasteiger partial charge >= 0.3 is 0 Å². The SMILES string of the molecule is Cc1ccc(CCC(=O)C(C)c2ccc(NS(C)(=O)=O)c(F)c2)c(-c2cccc(Cl)c2)c1. The van der Waals surface area contributed by atoms with Crippen molar-refractivity contribution in [3.63, 3.8) is 0 Å². The summed E-state index contributed by atoms with van der Waals surface area (Å²) in [5.41, 5.74) is 4.55. The Balaban J connectivity index is 1.75. The molecule has 168 valence electrons. The third kappa shape index (κ3) is 6.17. The van der Waals surface area contributed by atoms with E-state index in [1.54, 1.807) is 13.0 Å². The largest absolute Gasteiger partial charge is 0.299 e. The van der Waals surface area contributed by atoms with Crippen LogP contribution < -0.4 is 4.72 Å². The summed E-state index contributed by atoms with van der Waals surface area (Å²) in [6.07, 6.45) is 1.79. The number of carbonyl (C=O) groups is 1. The second-order valence-electron chi connectivity index (χ2n) is 7.97. The van der Waals surface area contributed by atoms with E-state index in [2.05, 4.69) is 10.8 Å². The quantitative estimate of drug-likeness (QED) is 0.428. The molecule has 3 aromatic rings. The molecule has 0 radical (unpaired) electrons. The topological polar surface area (TPSA) is 63.2 Å². The van der Waals surface area contributed by atoms with Gasteiger partial charge in [0.15, 0.2) is 0 Å². The molecule has 0 bridgehead atoms. The van der Waals surface area contributed by atoms with Gasteiger partial charge in [-0.2, -0.15) is 0 Å². The van der Waals surface area contributed by atoms with E-state index in [0.717, 1.165) is 28.5 Å². The van der Waals surface area contributed by atoms with Crippen LogP contribution in [0.2, 0.25) is 5.02 Å². The maximum atomic E-state index is 14.3. The molecule has 1 atom stereocenters. The number of anilines is 1. The number of Topliss-reactive ketones (excluding diaryl/α,β-unsaturated/α-hetero) is 1. The van der Waals surface area contributed by atoms with Gasteiger partial charge in [0.25, 0.3) is 0 Å². The molecular formula is C25H25ClFNO3S. The van der Waals surface area contributed by atoms with Crippen molar-refractivity contribution in [2.45, 2.75) is 32.6 Å². The average molecular weight is 474 g/mol. The normalized spacial score (nSPS) is 12.4. The van der Waals surface area contributed by atoms with Crippen molar-refractivity contribution >= 4 is 33.1 Å². The first-order valence-corrected chi connectivity index (χ1v) is 12.5. The van der Waals surface area contributed by atoms with Crippen LogP contribution in [-0.2, 0) is 21.2 Å².